The molecule has 4 rings (SSSR count). The van der Waals surface area contributed by atoms with Crippen LogP contribution in [0.4, 0.5) is 0 Å². The first-order valence-electron chi connectivity index (χ1n) is 9.92. The topological polar surface area (TPSA) is 66.2 Å². The number of rotatable bonds is 6. The lowest BCUT2D eigenvalue weighted by atomic mass is 10.2. The van der Waals surface area contributed by atoms with Crippen LogP contribution in [0.2, 0.25) is 0 Å². The molecule has 1 aromatic carbocycles. The van der Waals surface area contributed by atoms with E-state index in [1.54, 1.807) is 7.05 Å². The molecular formula is C22H25N5O2. The van der Waals surface area contributed by atoms with Crippen LogP contribution in [0.25, 0.3) is 23.0 Å². The minimum absolute atomic E-state index is 0.207. The smallest absolute Gasteiger partial charge is 0.314 e. The van der Waals surface area contributed by atoms with Crippen molar-refractivity contribution in [1.29, 1.82) is 0 Å². The van der Waals surface area contributed by atoms with Crippen molar-refractivity contribution in [3.05, 3.63) is 74.7 Å². The Balaban J connectivity index is 1.84. The first-order chi connectivity index (χ1) is 14.0. The zero-order valence-corrected chi connectivity index (χ0v) is 17.0. The Morgan fingerprint density at radius 2 is 1.86 bits per heavy atom. The Bertz CT molecular complexity index is 1320. The molecule has 0 saturated carbocycles. The highest BCUT2D eigenvalue weighted by Crippen LogP contribution is 2.17. The van der Waals surface area contributed by atoms with Crippen LogP contribution >= 0.6 is 0 Å². The first kappa shape index (κ1) is 19.0. The lowest BCUT2D eigenvalue weighted by Gasteiger charge is -2.06. The summed E-state index contributed by atoms with van der Waals surface area (Å²) in [5, 5.41) is 0. The van der Waals surface area contributed by atoms with E-state index >= 15 is 0 Å². The number of imidazole rings is 2. The van der Waals surface area contributed by atoms with Gasteiger partial charge in [-0.3, -0.25) is 18.3 Å². The van der Waals surface area contributed by atoms with Gasteiger partial charge in [-0.15, -0.1) is 0 Å². The van der Waals surface area contributed by atoms with Crippen LogP contribution in [0.1, 0.15) is 31.0 Å². The van der Waals surface area contributed by atoms with E-state index in [1.165, 1.54) is 9.13 Å². The zero-order valence-electron chi connectivity index (χ0n) is 17.0. The number of fused-ring (bicyclic) bond motifs is 3. The summed E-state index contributed by atoms with van der Waals surface area (Å²) in [6, 6.07) is 9.80. The highest BCUT2D eigenvalue weighted by Gasteiger charge is 2.19. The van der Waals surface area contributed by atoms with E-state index in [0.29, 0.717) is 16.9 Å². The van der Waals surface area contributed by atoms with Gasteiger partial charge in [0.25, 0.3) is 5.56 Å². The average Bonchev–Trinajstić information content (AvgIpc) is 3.23. The van der Waals surface area contributed by atoms with Gasteiger partial charge in [-0.2, -0.15) is 4.98 Å². The van der Waals surface area contributed by atoms with E-state index in [2.05, 4.69) is 16.5 Å². The van der Waals surface area contributed by atoms with Gasteiger partial charge in [-0.25, -0.2) is 4.79 Å². The zero-order chi connectivity index (χ0) is 20.5. The molecule has 0 aliphatic carbocycles. The molecule has 3 heterocycles. The molecule has 0 unspecified atom stereocenters. The molecule has 0 fully saturated rings. The fraction of sp³-hybridized carbons (Fsp3) is 0.318. The van der Waals surface area contributed by atoms with Crippen LogP contribution in [-0.4, -0.2) is 23.1 Å². The third-order valence-corrected chi connectivity index (χ3v) is 5.27. The van der Waals surface area contributed by atoms with Crippen molar-refractivity contribution in [2.24, 2.45) is 7.05 Å². The van der Waals surface area contributed by atoms with Crippen LogP contribution in [-0.2, 0) is 20.1 Å². The summed E-state index contributed by atoms with van der Waals surface area (Å²) in [4.78, 5) is 30.6. The molecule has 0 aliphatic heterocycles. The lowest BCUT2D eigenvalue weighted by molar-refractivity contribution is 0.631. The number of allylic oxidation sites excluding steroid dienone is 1. The summed E-state index contributed by atoms with van der Waals surface area (Å²) in [6.45, 7) is 5.20. The summed E-state index contributed by atoms with van der Waals surface area (Å²) in [5.74, 6) is 0.704. The van der Waals surface area contributed by atoms with Crippen LogP contribution in [0.15, 0.2) is 52.2 Å². The van der Waals surface area contributed by atoms with Gasteiger partial charge in [-0.05, 0) is 18.9 Å². The minimum Gasteiger partial charge on any atom is -0.314 e. The van der Waals surface area contributed by atoms with E-state index in [-0.39, 0.29) is 17.8 Å². The fourth-order valence-electron chi connectivity index (χ4n) is 3.67. The molecule has 0 saturated heterocycles. The van der Waals surface area contributed by atoms with Gasteiger partial charge in [0.2, 0.25) is 5.78 Å². The van der Waals surface area contributed by atoms with Crippen molar-refractivity contribution in [1.82, 2.24) is 23.1 Å². The van der Waals surface area contributed by atoms with E-state index in [4.69, 9.17) is 0 Å². The predicted octanol–water partition coefficient (Wildman–Crippen LogP) is 2.97. The quantitative estimate of drug-likeness (QED) is 0.508. The third-order valence-electron chi connectivity index (χ3n) is 5.27. The van der Waals surface area contributed by atoms with E-state index in [9.17, 15) is 9.59 Å². The number of aryl methyl sites for hydroxylation is 3. The Hall–Kier alpha value is -3.35. The molecule has 0 amide bonds. The standard InChI is InChI=1S/C22H25N5O2/c1-4-5-13-25-16(2)15-27-18-19(23-21(25)27)24(3)22(29)26(20(18)28)14-9-12-17-10-7-6-8-11-17/h6-12,15H,4-5,13-14H2,1-3H3. The molecule has 0 bridgehead atoms. The first-order valence-corrected chi connectivity index (χ1v) is 9.92. The van der Waals surface area contributed by atoms with Crippen LogP contribution < -0.4 is 11.2 Å². The average molecular weight is 391 g/mol. The molecule has 0 N–H and O–H groups in total. The molecule has 0 atom stereocenters. The molecule has 150 valence electrons. The summed E-state index contributed by atoms with van der Waals surface area (Å²) in [7, 11) is 1.66. The SMILES string of the molecule is CCCCn1c(C)cn2c3c(=O)n(CC=Cc4ccccc4)c(=O)n(C)c3nc12. The number of benzene rings is 1. The van der Waals surface area contributed by atoms with Gasteiger partial charge in [0.05, 0.1) is 0 Å². The normalized spacial score (nSPS) is 12.0. The maximum absolute atomic E-state index is 13.2. The number of nitrogens with zero attached hydrogens (tertiary/aromatic N) is 5. The Labute approximate surface area is 168 Å². The van der Waals surface area contributed by atoms with Gasteiger partial charge < -0.3 is 4.57 Å². The van der Waals surface area contributed by atoms with Crippen molar-refractivity contribution >= 4 is 23.0 Å². The molecule has 0 spiro atoms. The van der Waals surface area contributed by atoms with Gasteiger partial charge in [0.15, 0.2) is 11.2 Å². The molecule has 0 aliphatic rings. The summed E-state index contributed by atoms with van der Waals surface area (Å²) >= 11 is 0. The molecule has 29 heavy (non-hydrogen) atoms. The molecule has 7 nitrogen and oxygen atoms in total. The van der Waals surface area contributed by atoms with Crippen LogP contribution in [0.3, 0.4) is 0 Å². The number of hydrogen-bond acceptors (Lipinski definition) is 3. The molecule has 0 radical (unpaired) electrons. The van der Waals surface area contributed by atoms with Gasteiger partial charge in [0.1, 0.15) is 0 Å². The van der Waals surface area contributed by atoms with Gasteiger partial charge in [0, 0.05) is 32.0 Å². The van der Waals surface area contributed by atoms with E-state index in [1.807, 2.05) is 60.0 Å². The fourth-order valence-corrected chi connectivity index (χ4v) is 3.67. The Kier molecular flexibility index (Phi) is 4.96. The largest absolute Gasteiger partial charge is 0.332 e. The van der Waals surface area contributed by atoms with E-state index < -0.39 is 0 Å². The van der Waals surface area contributed by atoms with Crippen LogP contribution in [0, 0.1) is 6.92 Å². The number of aromatic nitrogens is 5. The second-order valence-electron chi connectivity index (χ2n) is 7.30. The molecule has 7 heteroatoms. The van der Waals surface area contributed by atoms with Gasteiger partial charge in [-0.1, -0.05) is 55.8 Å². The van der Waals surface area contributed by atoms with Gasteiger partial charge >= 0.3 is 5.69 Å². The van der Waals surface area contributed by atoms with Crippen molar-refractivity contribution in [3.8, 4) is 0 Å². The maximum Gasteiger partial charge on any atom is 0.332 e. The molecule has 3 aromatic heterocycles. The Morgan fingerprint density at radius 3 is 2.59 bits per heavy atom. The summed E-state index contributed by atoms with van der Waals surface area (Å²) < 4.78 is 6.64. The minimum atomic E-state index is -0.363. The maximum atomic E-state index is 13.2. The molecule has 4 aromatic rings. The summed E-state index contributed by atoms with van der Waals surface area (Å²) in [6.07, 6.45) is 7.77. The predicted molar refractivity (Wildman–Crippen MR) is 115 cm³/mol. The van der Waals surface area contributed by atoms with Crippen molar-refractivity contribution in [2.45, 2.75) is 39.8 Å². The van der Waals surface area contributed by atoms with Crippen LogP contribution in [0.5, 0.6) is 0 Å². The second-order valence-corrected chi connectivity index (χ2v) is 7.30. The highest BCUT2D eigenvalue weighted by atomic mass is 16.2. The van der Waals surface area contributed by atoms with Crippen molar-refractivity contribution < 1.29 is 0 Å². The third kappa shape index (κ3) is 3.22. The van der Waals surface area contributed by atoms with Crippen molar-refractivity contribution in [3.63, 3.8) is 0 Å². The number of hydrogen-bond donors (Lipinski definition) is 0. The van der Waals surface area contributed by atoms with E-state index in [0.717, 1.165) is 30.6 Å². The highest BCUT2D eigenvalue weighted by molar-refractivity contribution is 5.75. The second kappa shape index (κ2) is 7.58. The lowest BCUT2D eigenvalue weighted by Crippen LogP contribution is -2.39. The number of unbranched alkanes of at least 4 members (excludes halogenated alkanes) is 1. The Morgan fingerprint density at radius 1 is 1.10 bits per heavy atom. The molecular weight excluding hydrogens is 366 g/mol. The van der Waals surface area contributed by atoms with Crippen molar-refractivity contribution in [2.75, 3.05) is 0 Å². The monoisotopic (exact) mass is 391 g/mol. The summed E-state index contributed by atoms with van der Waals surface area (Å²) in [5.41, 5.74) is 2.25.